The summed E-state index contributed by atoms with van der Waals surface area (Å²) in [6, 6.07) is 10.6. The fourth-order valence-electron chi connectivity index (χ4n) is 3.38. The van der Waals surface area contributed by atoms with Crippen molar-refractivity contribution in [3.63, 3.8) is 0 Å². The highest BCUT2D eigenvalue weighted by Gasteiger charge is 2.16. The molecule has 1 heterocycles. The Bertz CT molecular complexity index is 1150. The maximum absolute atomic E-state index is 12.8. The molecule has 0 saturated carbocycles. The molecule has 0 atom stereocenters. The van der Waals surface area contributed by atoms with Crippen molar-refractivity contribution < 1.29 is 23.0 Å². The molecule has 33 heavy (non-hydrogen) atoms. The van der Waals surface area contributed by atoms with E-state index < -0.39 is 6.61 Å². The van der Waals surface area contributed by atoms with E-state index in [0.29, 0.717) is 23.7 Å². The fourth-order valence-corrected chi connectivity index (χ4v) is 3.59. The molecule has 0 saturated heterocycles. The highest BCUT2D eigenvalue weighted by molar-refractivity contribution is 7.80. The summed E-state index contributed by atoms with van der Waals surface area (Å²) in [5.41, 5.74) is 4.45. The molecule has 0 aliphatic heterocycles. The van der Waals surface area contributed by atoms with Gasteiger partial charge in [0, 0.05) is 0 Å². The SMILES string of the molecule is COc1ccc(Cn2nc(C)c(NC(=S)Nc3ccc(C)cc3OC(F)F)c2C)cc1OC. The minimum atomic E-state index is -2.94. The molecule has 3 aromatic rings. The molecule has 0 radical (unpaired) electrons. The van der Waals surface area contributed by atoms with E-state index in [2.05, 4.69) is 20.5 Å². The van der Waals surface area contributed by atoms with Crippen LogP contribution < -0.4 is 24.8 Å². The van der Waals surface area contributed by atoms with Crippen LogP contribution in [0.1, 0.15) is 22.5 Å². The number of anilines is 2. The van der Waals surface area contributed by atoms with Crippen LogP contribution in [0.25, 0.3) is 0 Å². The topological polar surface area (TPSA) is 69.6 Å². The number of rotatable bonds is 8. The molecule has 3 rings (SSSR count). The Morgan fingerprint density at radius 1 is 1.00 bits per heavy atom. The second-order valence-corrected chi connectivity index (χ2v) is 7.76. The monoisotopic (exact) mass is 476 g/mol. The van der Waals surface area contributed by atoms with Crippen LogP contribution in [0.4, 0.5) is 20.2 Å². The predicted molar refractivity (Wildman–Crippen MR) is 128 cm³/mol. The molecule has 2 N–H and O–H groups in total. The van der Waals surface area contributed by atoms with Crippen molar-refractivity contribution in [1.29, 1.82) is 0 Å². The summed E-state index contributed by atoms with van der Waals surface area (Å²) in [5.74, 6) is 1.31. The number of alkyl halides is 2. The third-order valence-electron chi connectivity index (χ3n) is 5.00. The van der Waals surface area contributed by atoms with E-state index >= 15 is 0 Å². The number of benzene rings is 2. The Kier molecular flexibility index (Phi) is 7.70. The molecule has 7 nitrogen and oxygen atoms in total. The molecule has 2 aromatic carbocycles. The number of halogens is 2. The van der Waals surface area contributed by atoms with Gasteiger partial charge in [-0.05, 0) is 68.4 Å². The van der Waals surface area contributed by atoms with Crippen molar-refractivity contribution in [2.45, 2.75) is 33.9 Å². The van der Waals surface area contributed by atoms with Crippen molar-refractivity contribution in [1.82, 2.24) is 9.78 Å². The van der Waals surface area contributed by atoms with Gasteiger partial charge in [0.1, 0.15) is 5.75 Å². The minimum absolute atomic E-state index is 0.0201. The molecule has 0 unspecified atom stereocenters. The number of thiocarbonyl (C=S) groups is 1. The summed E-state index contributed by atoms with van der Waals surface area (Å²) in [6.45, 7) is 3.15. The number of aryl methyl sites for hydroxylation is 2. The number of hydrogen-bond donors (Lipinski definition) is 2. The lowest BCUT2D eigenvalue weighted by molar-refractivity contribution is -0.0493. The summed E-state index contributed by atoms with van der Waals surface area (Å²) in [5, 5.41) is 10.9. The molecule has 0 fully saturated rings. The second kappa shape index (κ2) is 10.5. The van der Waals surface area contributed by atoms with Gasteiger partial charge in [0.15, 0.2) is 16.6 Å². The van der Waals surface area contributed by atoms with Crippen LogP contribution in [0.5, 0.6) is 17.2 Å². The van der Waals surface area contributed by atoms with Crippen LogP contribution in [0.3, 0.4) is 0 Å². The van der Waals surface area contributed by atoms with Gasteiger partial charge < -0.3 is 24.8 Å². The van der Waals surface area contributed by atoms with E-state index in [1.54, 1.807) is 33.3 Å². The number of nitrogens with one attached hydrogen (secondary N) is 2. The molecule has 0 aliphatic carbocycles. The Morgan fingerprint density at radius 2 is 1.73 bits per heavy atom. The molecular formula is C23H26F2N4O3S. The first-order valence-electron chi connectivity index (χ1n) is 10.1. The van der Waals surface area contributed by atoms with E-state index in [1.165, 1.54) is 6.07 Å². The number of ether oxygens (including phenoxy) is 3. The molecular weight excluding hydrogens is 450 g/mol. The van der Waals surface area contributed by atoms with E-state index in [0.717, 1.165) is 28.2 Å². The fraction of sp³-hybridized carbons (Fsp3) is 0.304. The average Bonchev–Trinajstić information content (AvgIpc) is 3.02. The van der Waals surface area contributed by atoms with Gasteiger partial charge in [0.25, 0.3) is 0 Å². The van der Waals surface area contributed by atoms with E-state index in [9.17, 15) is 8.78 Å². The van der Waals surface area contributed by atoms with E-state index in [4.69, 9.17) is 21.7 Å². The molecule has 10 heteroatoms. The zero-order valence-electron chi connectivity index (χ0n) is 19.0. The lowest BCUT2D eigenvalue weighted by Gasteiger charge is -2.15. The van der Waals surface area contributed by atoms with Gasteiger partial charge in [0.2, 0.25) is 0 Å². The number of nitrogens with zero attached hydrogens (tertiary/aromatic N) is 2. The smallest absolute Gasteiger partial charge is 0.387 e. The minimum Gasteiger partial charge on any atom is -0.493 e. The van der Waals surface area contributed by atoms with Gasteiger partial charge in [-0.3, -0.25) is 4.68 Å². The van der Waals surface area contributed by atoms with Crippen LogP contribution in [0.2, 0.25) is 0 Å². The maximum Gasteiger partial charge on any atom is 0.387 e. The summed E-state index contributed by atoms with van der Waals surface area (Å²) in [6.07, 6.45) is 0. The second-order valence-electron chi connectivity index (χ2n) is 7.35. The van der Waals surface area contributed by atoms with Gasteiger partial charge in [-0.1, -0.05) is 12.1 Å². The van der Waals surface area contributed by atoms with Crippen LogP contribution >= 0.6 is 12.2 Å². The molecule has 0 aliphatic rings. The van der Waals surface area contributed by atoms with Crippen molar-refractivity contribution in [3.8, 4) is 17.2 Å². The standard InChI is InChI=1S/C23H26F2N4O3S/c1-13-6-8-17(19(10-13)32-22(24)25)26-23(33)27-21-14(2)28-29(15(21)3)12-16-7-9-18(30-4)20(11-16)31-5/h6-11,22H,12H2,1-5H3,(H2,26,27,33). The first-order valence-corrected chi connectivity index (χ1v) is 10.5. The van der Waals surface area contributed by atoms with Crippen LogP contribution in [-0.4, -0.2) is 35.7 Å². The van der Waals surface area contributed by atoms with Gasteiger partial charge >= 0.3 is 6.61 Å². The Labute approximate surface area is 196 Å². The summed E-state index contributed by atoms with van der Waals surface area (Å²) >= 11 is 5.41. The number of methoxy groups -OCH3 is 2. The lowest BCUT2D eigenvalue weighted by Crippen LogP contribution is -2.21. The first-order chi connectivity index (χ1) is 15.7. The summed E-state index contributed by atoms with van der Waals surface area (Å²) in [7, 11) is 3.18. The van der Waals surface area contributed by atoms with Crippen molar-refractivity contribution >= 4 is 28.7 Å². The van der Waals surface area contributed by atoms with E-state index in [1.807, 2.05) is 36.7 Å². The highest BCUT2D eigenvalue weighted by Crippen LogP contribution is 2.30. The van der Waals surface area contributed by atoms with Crippen LogP contribution in [0, 0.1) is 20.8 Å². The number of hydrogen-bond acceptors (Lipinski definition) is 5. The predicted octanol–water partition coefficient (Wildman–Crippen LogP) is 5.28. The van der Waals surface area contributed by atoms with Gasteiger partial charge in [0.05, 0.1) is 43.5 Å². The van der Waals surface area contributed by atoms with Crippen molar-refractivity contribution in [2.24, 2.45) is 0 Å². The molecule has 0 amide bonds. The van der Waals surface area contributed by atoms with Crippen LogP contribution in [0.15, 0.2) is 36.4 Å². The third kappa shape index (κ3) is 5.89. The maximum atomic E-state index is 12.8. The van der Waals surface area contributed by atoms with Crippen molar-refractivity contribution in [3.05, 3.63) is 58.9 Å². The van der Waals surface area contributed by atoms with Gasteiger partial charge in [-0.25, -0.2) is 0 Å². The summed E-state index contributed by atoms with van der Waals surface area (Å²) < 4.78 is 42.7. The Morgan fingerprint density at radius 3 is 2.39 bits per heavy atom. The average molecular weight is 477 g/mol. The Hall–Kier alpha value is -3.40. The molecule has 176 valence electrons. The van der Waals surface area contributed by atoms with Crippen LogP contribution in [-0.2, 0) is 6.54 Å². The molecule has 1 aromatic heterocycles. The largest absolute Gasteiger partial charge is 0.493 e. The molecule has 0 bridgehead atoms. The zero-order valence-corrected chi connectivity index (χ0v) is 19.8. The van der Waals surface area contributed by atoms with Gasteiger partial charge in [-0.2, -0.15) is 13.9 Å². The van der Waals surface area contributed by atoms with Gasteiger partial charge in [-0.15, -0.1) is 0 Å². The Balaban J connectivity index is 1.76. The summed E-state index contributed by atoms with van der Waals surface area (Å²) in [4.78, 5) is 0. The zero-order chi connectivity index (χ0) is 24.1. The lowest BCUT2D eigenvalue weighted by atomic mass is 10.2. The number of aromatic nitrogens is 2. The quantitative estimate of drug-likeness (QED) is 0.429. The first kappa shape index (κ1) is 24.2. The van der Waals surface area contributed by atoms with E-state index in [-0.39, 0.29) is 10.9 Å². The van der Waals surface area contributed by atoms with Crippen molar-refractivity contribution in [2.75, 3.05) is 24.9 Å². The third-order valence-corrected chi connectivity index (χ3v) is 5.21. The molecule has 0 spiro atoms. The highest BCUT2D eigenvalue weighted by atomic mass is 32.1. The normalized spacial score (nSPS) is 10.8.